The van der Waals surface area contributed by atoms with Gasteiger partial charge in [-0.15, -0.1) is 11.3 Å². The first-order valence-corrected chi connectivity index (χ1v) is 9.70. The zero-order valence-corrected chi connectivity index (χ0v) is 15.1. The number of hydrogen-bond acceptors (Lipinski definition) is 4. The average molecular weight is 361 g/mol. The highest BCUT2D eigenvalue weighted by Gasteiger charge is 2.25. The van der Waals surface area contributed by atoms with Gasteiger partial charge in [0.1, 0.15) is 0 Å². The van der Waals surface area contributed by atoms with E-state index < -0.39 is 0 Å². The molecule has 4 aromatic rings. The van der Waals surface area contributed by atoms with Crippen LogP contribution in [0.3, 0.4) is 0 Å². The molecule has 1 aliphatic rings. The average Bonchev–Trinajstić information content (AvgIpc) is 3.48. The minimum Gasteiger partial charge on any atom is -0.324 e. The fourth-order valence-electron chi connectivity index (χ4n) is 3.65. The SMILES string of the molecule is c1ccc(-c2ncn([C@H]3CCNC3)c2-c2cccn2-c2nccs2)cc1. The van der Waals surface area contributed by atoms with Gasteiger partial charge in [0.15, 0.2) is 5.13 Å². The molecule has 0 unspecified atom stereocenters. The quantitative estimate of drug-likeness (QED) is 0.598. The highest BCUT2D eigenvalue weighted by molar-refractivity contribution is 7.12. The maximum atomic E-state index is 4.81. The van der Waals surface area contributed by atoms with Crippen LogP contribution in [0.1, 0.15) is 12.5 Å². The molecule has 0 amide bonds. The van der Waals surface area contributed by atoms with Crippen molar-refractivity contribution in [1.29, 1.82) is 0 Å². The standard InChI is InChI=1S/C20H19N5S/c1-2-5-15(6-3-1)18-19(25(14-23-18)16-8-9-21-13-16)17-7-4-11-24(17)20-22-10-12-26-20/h1-7,10-12,14,16,21H,8-9,13H2/t16-/m0/s1. The molecule has 0 aliphatic carbocycles. The third kappa shape index (κ3) is 2.58. The van der Waals surface area contributed by atoms with Crippen LogP contribution in [-0.4, -0.2) is 32.2 Å². The number of benzene rings is 1. The molecule has 1 fully saturated rings. The Morgan fingerprint density at radius 3 is 2.77 bits per heavy atom. The topological polar surface area (TPSA) is 47.7 Å². The number of aromatic nitrogens is 4. The number of imidazole rings is 1. The summed E-state index contributed by atoms with van der Waals surface area (Å²) < 4.78 is 4.49. The van der Waals surface area contributed by atoms with E-state index in [-0.39, 0.29) is 0 Å². The van der Waals surface area contributed by atoms with E-state index in [9.17, 15) is 0 Å². The van der Waals surface area contributed by atoms with Crippen LogP contribution in [0.15, 0.2) is 66.6 Å². The van der Waals surface area contributed by atoms with E-state index in [4.69, 9.17) is 4.98 Å². The van der Waals surface area contributed by atoms with Crippen molar-refractivity contribution >= 4 is 11.3 Å². The predicted octanol–water partition coefficient (Wildman–Crippen LogP) is 4.00. The van der Waals surface area contributed by atoms with Gasteiger partial charge in [-0.25, -0.2) is 9.97 Å². The minimum atomic E-state index is 0.426. The van der Waals surface area contributed by atoms with Crippen LogP contribution in [-0.2, 0) is 0 Å². The summed E-state index contributed by atoms with van der Waals surface area (Å²) in [7, 11) is 0. The lowest BCUT2D eigenvalue weighted by Crippen LogP contribution is -2.14. The molecule has 3 aromatic heterocycles. The summed E-state index contributed by atoms with van der Waals surface area (Å²) in [6.45, 7) is 2.03. The molecule has 1 aliphatic heterocycles. The molecule has 5 nitrogen and oxygen atoms in total. The third-order valence-electron chi connectivity index (χ3n) is 4.89. The van der Waals surface area contributed by atoms with Crippen molar-refractivity contribution in [2.75, 3.05) is 13.1 Å². The van der Waals surface area contributed by atoms with Gasteiger partial charge in [-0.3, -0.25) is 4.57 Å². The highest BCUT2D eigenvalue weighted by Crippen LogP contribution is 2.36. The summed E-state index contributed by atoms with van der Waals surface area (Å²) in [6, 6.07) is 15.1. The van der Waals surface area contributed by atoms with Crippen molar-refractivity contribution in [1.82, 2.24) is 24.4 Å². The maximum absolute atomic E-state index is 4.81. The van der Waals surface area contributed by atoms with Crippen LogP contribution >= 0.6 is 11.3 Å². The Morgan fingerprint density at radius 1 is 1.08 bits per heavy atom. The van der Waals surface area contributed by atoms with E-state index in [0.29, 0.717) is 6.04 Å². The molecule has 4 heterocycles. The van der Waals surface area contributed by atoms with E-state index in [1.54, 1.807) is 11.3 Å². The van der Waals surface area contributed by atoms with Gasteiger partial charge in [0.2, 0.25) is 0 Å². The number of nitrogens with zero attached hydrogens (tertiary/aromatic N) is 4. The van der Waals surface area contributed by atoms with Gasteiger partial charge in [0.05, 0.1) is 23.4 Å². The number of thiazole rings is 1. The number of rotatable bonds is 4. The summed E-state index contributed by atoms with van der Waals surface area (Å²) in [6.07, 6.45) is 7.04. The molecule has 1 aromatic carbocycles. The van der Waals surface area contributed by atoms with Gasteiger partial charge in [-0.05, 0) is 25.1 Å². The van der Waals surface area contributed by atoms with E-state index in [2.05, 4.69) is 62.0 Å². The zero-order valence-electron chi connectivity index (χ0n) is 14.2. The van der Waals surface area contributed by atoms with Crippen LogP contribution in [0.4, 0.5) is 0 Å². The van der Waals surface area contributed by atoms with Gasteiger partial charge < -0.3 is 9.88 Å². The molecule has 1 saturated heterocycles. The Morgan fingerprint density at radius 2 is 2.00 bits per heavy atom. The molecular weight excluding hydrogens is 342 g/mol. The van der Waals surface area contributed by atoms with E-state index in [1.807, 2.05) is 24.0 Å². The monoisotopic (exact) mass is 361 g/mol. The lowest BCUT2D eigenvalue weighted by Gasteiger charge is -2.17. The molecule has 1 atom stereocenters. The summed E-state index contributed by atoms with van der Waals surface area (Å²) >= 11 is 1.64. The zero-order chi connectivity index (χ0) is 17.3. The van der Waals surface area contributed by atoms with Crippen molar-refractivity contribution in [2.24, 2.45) is 0 Å². The fraction of sp³-hybridized carbons (Fsp3) is 0.200. The minimum absolute atomic E-state index is 0.426. The van der Waals surface area contributed by atoms with Crippen molar-refractivity contribution in [3.8, 4) is 27.8 Å². The maximum Gasteiger partial charge on any atom is 0.194 e. The van der Waals surface area contributed by atoms with Gasteiger partial charge in [0, 0.05) is 35.9 Å². The second-order valence-electron chi connectivity index (χ2n) is 6.44. The van der Waals surface area contributed by atoms with Crippen LogP contribution in [0, 0.1) is 0 Å². The Hall–Kier alpha value is -2.70. The van der Waals surface area contributed by atoms with Crippen LogP contribution in [0.2, 0.25) is 0 Å². The number of hydrogen-bond donors (Lipinski definition) is 1. The normalized spacial score (nSPS) is 17.0. The Kier molecular flexibility index (Phi) is 3.92. The van der Waals surface area contributed by atoms with E-state index in [0.717, 1.165) is 47.3 Å². The predicted molar refractivity (Wildman–Crippen MR) is 105 cm³/mol. The molecule has 0 radical (unpaired) electrons. The van der Waals surface area contributed by atoms with Crippen molar-refractivity contribution in [2.45, 2.75) is 12.5 Å². The summed E-state index contributed by atoms with van der Waals surface area (Å²) in [4.78, 5) is 9.31. The lowest BCUT2D eigenvalue weighted by atomic mass is 10.1. The molecular formula is C20H19N5S. The molecule has 0 saturated carbocycles. The largest absolute Gasteiger partial charge is 0.324 e. The van der Waals surface area contributed by atoms with Gasteiger partial charge in [-0.2, -0.15) is 0 Å². The van der Waals surface area contributed by atoms with E-state index >= 15 is 0 Å². The first-order chi connectivity index (χ1) is 12.9. The van der Waals surface area contributed by atoms with Crippen molar-refractivity contribution in [3.05, 3.63) is 66.6 Å². The van der Waals surface area contributed by atoms with Crippen molar-refractivity contribution < 1.29 is 0 Å². The van der Waals surface area contributed by atoms with Crippen LogP contribution in [0.25, 0.3) is 27.8 Å². The number of nitrogens with one attached hydrogen (secondary N) is 1. The molecule has 1 N–H and O–H groups in total. The van der Waals surface area contributed by atoms with E-state index in [1.165, 1.54) is 0 Å². The summed E-state index contributed by atoms with van der Waals surface area (Å²) in [5.41, 5.74) is 4.45. The summed E-state index contributed by atoms with van der Waals surface area (Å²) in [5.74, 6) is 0. The Bertz CT molecular complexity index is 994. The lowest BCUT2D eigenvalue weighted by molar-refractivity contribution is 0.550. The molecule has 0 bridgehead atoms. The van der Waals surface area contributed by atoms with Crippen LogP contribution < -0.4 is 5.32 Å². The third-order valence-corrected chi connectivity index (χ3v) is 5.66. The highest BCUT2D eigenvalue weighted by atomic mass is 32.1. The van der Waals surface area contributed by atoms with Crippen LogP contribution in [0.5, 0.6) is 0 Å². The molecule has 130 valence electrons. The molecule has 26 heavy (non-hydrogen) atoms. The first kappa shape index (κ1) is 15.5. The Labute approximate surface area is 156 Å². The smallest absolute Gasteiger partial charge is 0.194 e. The first-order valence-electron chi connectivity index (χ1n) is 8.82. The second-order valence-corrected chi connectivity index (χ2v) is 7.31. The van der Waals surface area contributed by atoms with Gasteiger partial charge in [-0.1, -0.05) is 30.3 Å². The Balaban J connectivity index is 1.72. The van der Waals surface area contributed by atoms with Gasteiger partial charge in [0.25, 0.3) is 0 Å². The van der Waals surface area contributed by atoms with Gasteiger partial charge >= 0.3 is 0 Å². The fourth-order valence-corrected chi connectivity index (χ4v) is 4.29. The molecule has 6 heteroatoms. The molecule has 5 rings (SSSR count). The molecule has 0 spiro atoms. The summed E-state index contributed by atoms with van der Waals surface area (Å²) in [5, 5.41) is 6.45. The second kappa shape index (κ2) is 6.55. The van der Waals surface area contributed by atoms with Crippen molar-refractivity contribution in [3.63, 3.8) is 0 Å².